The number of phosphoric acid groups is 2. The molecule has 0 spiro atoms. The van der Waals surface area contributed by atoms with Crippen LogP contribution in [0.1, 0.15) is 297 Å². The van der Waals surface area contributed by atoms with Crippen LogP contribution in [0.2, 0.25) is 0 Å². The SMILES string of the molecule is CC/C=C\C/C=C\C/C=C\C/C=C\C/C=C\CCCCCC(=O)OCC(COP(=O)(O)OCC(O)COP(=O)(O)OCC(COC(=O)CCCCCCCC/C=C\C/C=C\C/C=C\C/C=C\CC)OC(=O)CCCCCCC/C=C\CCCCCC)OC(=O)CCCC/C=C\C/C=C\C/C=C\C/C=C\CC. The predicted molar refractivity (Wildman–Crippen MR) is 436 cm³/mol. The maximum Gasteiger partial charge on any atom is 0.472 e. The minimum absolute atomic E-state index is 0.0288. The summed E-state index contributed by atoms with van der Waals surface area (Å²) in [6.07, 6.45) is 91.9. The van der Waals surface area contributed by atoms with E-state index in [2.05, 4.69) is 198 Å². The number of carbonyl (C=O) groups is 4. The number of ether oxygens (including phenoxy) is 4. The van der Waals surface area contributed by atoms with Crippen molar-refractivity contribution in [3.05, 3.63) is 170 Å². The van der Waals surface area contributed by atoms with Crippen LogP contribution in [-0.2, 0) is 65.4 Å². The Balaban J connectivity index is 5.44. The summed E-state index contributed by atoms with van der Waals surface area (Å²) < 4.78 is 68.6. The first-order valence-electron chi connectivity index (χ1n) is 40.4. The quantitative estimate of drug-likeness (QED) is 0.0169. The standard InChI is InChI=1S/C87H142O17P2/c1-5-9-13-17-21-25-29-33-36-38-40-42-45-48-51-55-59-63-67-71-84(89)97-77-82(103-86(91)73-69-65-61-57-53-47-32-28-24-20-16-12-8-4)79-101-105(93,94)99-75-81(88)76-100-106(95,96)102-80-83(104-87(92)74-70-66-62-58-54-50-44-35-31-27-23-19-15-11-7-3)78-98-85(90)72-68-64-60-56-52-49-46-43-41-39-37-34-30-26-22-18-14-10-6-2/h9-11,13-15,21-23,25-28,32-37,40-44,49,52,54,58,81-83,88H,5-8,12,16-20,24,29-31,38-39,45-48,50-51,53,55-57,59-80H2,1-4H3,(H,93,94)(H,95,96)/b13-9-,14-10-,15-11-,25-21-,26-22-,27-23-,32-28-,36-33-,37-34-,42-40-,43-41-,44-35-,52-49-,58-54-. The van der Waals surface area contributed by atoms with Gasteiger partial charge in [0.15, 0.2) is 12.2 Å². The minimum atomic E-state index is -5.01. The second-order valence-electron chi connectivity index (χ2n) is 26.2. The Bertz CT molecular complexity index is 2680. The van der Waals surface area contributed by atoms with E-state index in [0.717, 1.165) is 186 Å². The number of hydrogen-bond donors (Lipinski definition) is 3. The third-order valence-corrected chi connectivity index (χ3v) is 18.1. The van der Waals surface area contributed by atoms with Gasteiger partial charge in [-0.25, -0.2) is 9.13 Å². The van der Waals surface area contributed by atoms with Crippen LogP contribution in [0.3, 0.4) is 0 Å². The summed E-state index contributed by atoms with van der Waals surface area (Å²) in [5.41, 5.74) is 0. The van der Waals surface area contributed by atoms with Crippen molar-refractivity contribution >= 4 is 39.5 Å². The summed E-state index contributed by atoms with van der Waals surface area (Å²) >= 11 is 0. The second kappa shape index (κ2) is 77.6. The summed E-state index contributed by atoms with van der Waals surface area (Å²) in [5.74, 6) is -2.29. The van der Waals surface area contributed by atoms with Gasteiger partial charge in [-0.15, -0.1) is 0 Å². The first-order valence-corrected chi connectivity index (χ1v) is 43.4. The van der Waals surface area contributed by atoms with Gasteiger partial charge in [-0.2, -0.15) is 0 Å². The average Bonchev–Trinajstić information content (AvgIpc) is 0.933. The first kappa shape index (κ1) is 100. The molecule has 3 N–H and O–H groups in total. The molecule has 17 nitrogen and oxygen atoms in total. The zero-order chi connectivity index (χ0) is 77.4. The maximum atomic E-state index is 13.1. The topological polar surface area (TPSA) is 237 Å². The monoisotopic (exact) mass is 1520 g/mol. The Morgan fingerprint density at radius 1 is 0.274 bits per heavy atom. The fraction of sp³-hybridized carbons (Fsp3) is 0.632. The summed E-state index contributed by atoms with van der Waals surface area (Å²) in [6.45, 7) is 4.40. The van der Waals surface area contributed by atoms with Crippen molar-refractivity contribution < 1.29 is 80.2 Å². The number of rotatable bonds is 74. The van der Waals surface area contributed by atoms with Crippen molar-refractivity contribution in [1.29, 1.82) is 0 Å². The highest BCUT2D eigenvalue weighted by Gasteiger charge is 2.30. The minimum Gasteiger partial charge on any atom is -0.462 e. The van der Waals surface area contributed by atoms with Crippen LogP contribution in [0.5, 0.6) is 0 Å². The van der Waals surface area contributed by atoms with E-state index in [-0.39, 0.29) is 25.7 Å². The number of unbranched alkanes of at least 4 members (excludes halogenated alkanes) is 20. The van der Waals surface area contributed by atoms with E-state index in [1.54, 1.807) is 0 Å². The fourth-order valence-electron chi connectivity index (χ4n) is 10.1. The van der Waals surface area contributed by atoms with E-state index in [0.29, 0.717) is 32.1 Å². The van der Waals surface area contributed by atoms with Crippen LogP contribution in [0.4, 0.5) is 0 Å². The number of esters is 4. The van der Waals surface area contributed by atoms with E-state index in [1.807, 2.05) is 0 Å². The maximum absolute atomic E-state index is 13.1. The molecule has 0 aromatic rings. The van der Waals surface area contributed by atoms with E-state index in [1.165, 1.54) is 25.7 Å². The molecule has 0 heterocycles. The van der Waals surface area contributed by atoms with Crippen molar-refractivity contribution in [1.82, 2.24) is 0 Å². The lowest BCUT2D eigenvalue weighted by atomic mass is 10.1. The van der Waals surface area contributed by atoms with Crippen molar-refractivity contribution in [3.8, 4) is 0 Å². The molecule has 0 aliphatic rings. The van der Waals surface area contributed by atoms with Gasteiger partial charge in [0.2, 0.25) is 0 Å². The lowest BCUT2D eigenvalue weighted by molar-refractivity contribution is -0.161. The molecular weight excluding hydrogens is 1380 g/mol. The Morgan fingerprint density at radius 3 is 0.792 bits per heavy atom. The molecule has 0 fully saturated rings. The van der Waals surface area contributed by atoms with Gasteiger partial charge in [-0.3, -0.25) is 37.3 Å². The Morgan fingerprint density at radius 2 is 0.491 bits per heavy atom. The lowest BCUT2D eigenvalue weighted by Crippen LogP contribution is -2.30. The van der Waals surface area contributed by atoms with E-state index in [9.17, 15) is 43.2 Å². The highest BCUT2D eigenvalue weighted by molar-refractivity contribution is 7.47. The molecule has 0 aliphatic carbocycles. The number of carbonyl (C=O) groups excluding carboxylic acids is 4. The van der Waals surface area contributed by atoms with Gasteiger partial charge >= 0.3 is 39.5 Å². The van der Waals surface area contributed by atoms with E-state index >= 15 is 0 Å². The molecular formula is C87H142O17P2. The normalized spacial score (nSPS) is 14.7. The van der Waals surface area contributed by atoms with Gasteiger partial charge in [0.25, 0.3) is 0 Å². The Kier molecular flexibility index (Phi) is 73.5. The predicted octanol–water partition coefficient (Wildman–Crippen LogP) is 23.8. The van der Waals surface area contributed by atoms with Gasteiger partial charge in [0.05, 0.1) is 26.4 Å². The molecule has 0 amide bonds. The van der Waals surface area contributed by atoms with Crippen LogP contribution in [0, 0.1) is 0 Å². The van der Waals surface area contributed by atoms with Gasteiger partial charge in [0, 0.05) is 25.7 Å². The molecule has 0 rings (SSSR count). The van der Waals surface area contributed by atoms with Gasteiger partial charge < -0.3 is 33.8 Å². The van der Waals surface area contributed by atoms with Crippen LogP contribution < -0.4 is 0 Å². The van der Waals surface area contributed by atoms with Gasteiger partial charge in [-0.1, -0.05) is 268 Å². The zero-order valence-electron chi connectivity index (χ0n) is 65.8. The second-order valence-corrected chi connectivity index (χ2v) is 29.1. The summed E-state index contributed by atoms with van der Waals surface area (Å²) in [7, 11) is -10.0. The molecule has 106 heavy (non-hydrogen) atoms. The third-order valence-electron chi connectivity index (χ3n) is 16.2. The molecule has 0 saturated carbocycles. The summed E-state index contributed by atoms with van der Waals surface area (Å²) in [6, 6.07) is 0. The Hall–Kier alpha value is -5.58. The summed E-state index contributed by atoms with van der Waals surface area (Å²) in [5, 5.41) is 10.6. The van der Waals surface area contributed by atoms with Crippen molar-refractivity contribution in [2.45, 2.75) is 316 Å². The van der Waals surface area contributed by atoms with Gasteiger partial charge in [-0.05, 0) is 173 Å². The lowest BCUT2D eigenvalue weighted by Gasteiger charge is -2.21. The number of allylic oxidation sites excluding steroid dienone is 28. The molecule has 0 aliphatic heterocycles. The van der Waals surface area contributed by atoms with Crippen molar-refractivity contribution in [3.63, 3.8) is 0 Å². The highest BCUT2D eigenvalue weighted by Crippen LogP contribution is 2.45. The molecule has 0 radical (unpaired) electrons. The first-order chi connectivity index (χ1) is 51.7. The number of aliphatic hydroxyl groups is 1. The van der Waals surface area contributed by atoms with Gasteiger partial charge in [0.1, 0.15) is 19.3 Å². The fourth-order valence-corrected chi connectivity index (χ4v) is 11.7. The molecule has 5 atom stereocenters. The number of hydrogen-bond acceptors (Lipinski definition) is 15. The molecule has 0 aromatic carbocycles. The molecule has 19 heteroatoms. The largest absolute Gasteiger partial charge is 0.472 e. The molecule has 602 valence electrons. The molecule has 5 unspecified atom stereocenters. The smallest absolute Gasteiger partial charge is 0.462 e. The molecule has 0 aromatic heterocycles. The van der Waals surface area contributed by atoms with Crippen LogP contribution in [-0.4, -0.2) is 96.7 Å². The molecule has 0 bridgehead atoms. The van der Waals surface area contributed by atoms with Crippen LogP contribution in [0.15, 0.2) is 170 Å². The van der Waals surface area contributed by atoms with E-state index < -0.39 is 97.5 Å². The number of aliphatic hydroxyl groups excluding tert-OH is 1. The average molecular weight is 1520 g/mol. The molecule has 0 saturated heterocycles. The number of phosphoric ester groups is 2. The van der Waals surface area contributed by atoms with Crippen molar-refractivity contribution in [2.75, 3.05) is 39.6 Å². The summed E-state index contributed by atoms with van der Waals surface area (Å²) in [4.78, 5) is 73.1. The zero-order valence-corrected chi connectivity index (χ0v) is 67.6. The van der Waals surface area contributed by atoms with E-state index in [4.69, 9.17) is 37.0 Å². The van der Waals surface area contributed by atoms with Crippen LogP contribution in [0.25, 0.3) is 0 Å². The highest BCUT2D eigenvalue weighted by atomic mass is 31.2. The van der Waals surface area contributed by atoms with Crippen LogP contribution >= 0.6 is 15.6 Å². The Labute approximate surface area is 642 Å². The van der Waals surface area contributed by atoms with Crippen molar-refractivity contribution in [2.24, 2.45) is 0 Å². The third kappa shape index (κ3) is 76.6.